The molecular formula is C14H20MnN5O2S+. The Balaban J connectivity index is 0.00000264. The molecule has 125 valence electrons. The average Bonchev–Trinajstić information content (AvgIpc) is 2.83. The SMILES string of the molecule is Cc1ncc(C[n+]2csc(CCOC(=O)CN)c2C)c(N)n1.[Mn]. The Labute approximate surface area is 149 Å². The standard InChI is InChI=1S/C14H20N5O2S.Mn/c1-9-12(3-4-21-13(20)5-15)22-8-19(9)7-11-6-17-10(2)18-14(11)16;/h6,8H,3-5,7,15H2,1-2H3,(H2,16,17,18);/q+1;. The molecular weight excluding hydrogens is 357 g/mol. The molecule has 2 heterocycles. The van der Waals surface area contributed by atoms with E-state index in [0.29, 0.717) is 31.2 Å². The van der Waals surface area contributed by atoms with Crippen LogP contribution in [0.15, 0.2) is 11.7 Å². The molecule has 0 aliphatic heterocycles. The van der Waals surface area contributed by atoms with Crippen molar-refractivity contribution >= 4 is 23.1 Å². The summed E-state index contributed by atoms with van der Waals surface area (Å²) < 4.78 is 7.10. The van der Waals surface area contributed by atoms with E-state index in [4.69, 9.17) is 16.2 Å². The van der Waals surface area contributed by atoms with Gasteiger partial charge in [-0.1, -0.05) is 11.3 Å². The number of nitrogen functional groups attached to an aromatic ring is 1. The van der Waals surface area contributed by atoms with Crippen LogP contribution in [0.4, 0.5) is 5.82 Å². The first-order valence-corrected chi connectivity index (χ1v) is 7.79. The third-order valence-corrected chi connectivity index (χ3v) is 4.42. The third kappa shape index (κ3) is 5.24. The first-order chi connectivity index (χ1) is 10.5. The van der Waals surface area contributed by atoms with Crippen LogP contribution in [-0.4, -0.2) is 29.1 Å². The van der Waals surface area contributed by atoms with E-state index in [0.717, 1.165) is 16.1 Å². The van der Waals surface area contributed by atoms with Crippen molar-refractivity contribution in [2.75, 3.05) is 18.9 Å². The number of hydrogen-bond acceptors (Lipinski definition) is 7. The van der Waals surface area contributed by atoms with Gasteiger partial charge in [0.25, 0.3) is 0 Å². The molecule has 0 bridgehead atoms. The number of carbonyl (C=O) groups excluding carboxylic acids is 1. The molecule has 4 N–H and O–H groups in total. The number of anilines is 1. The van der Waals surface area contributed by atoms with Gasteiger partial charge in [-0.3, -0.25) is 4.79 Å². The minimum Gasteiger partial charge on any atom is -0.464 e. The van der Waals surface area contributed by atoms with Crippen molar-refractivity contribution in [1.82, 2.24) is 9.97 Å². The summed E-state index contributed by atoms with van der Waals surface area (Å²) in [5.74, 6) is 0.784. The largest absolute Gasteiger partial charge is 0.464 e. The summed E-state index contributed by atoms with van der Waals surface area (Å²) in [4.78, 5) is 20.5. The zero-order valence-corrected chi connectivity index (χ0v) is 15.1. The summed E-state index contributed by atoms with van der Waals surface area (Å²) in [5, 5.41) is 0. The van der Waals surface area contributed by atoms with Crippen LogP contribution in [0.5, 0.6) is 0 Å². The summed E-state index contributed by atoms with van der Waals surface area (Å²) in [6.07, 6.45) is 2.43. The average molecular weight is 377 g/mol. The minimum atomic E-state index is -0.383. The van der Waals surface area contributed by atoms with Gasteiger partial charge in [0.2, 0.25) is 5.51 Å². The number of nitrogens with zero attached hydrogens (tertiary/aromatic N) is 3. The van der Waals surface area contributed by atoms with Gasteiger partial charge in [-0.2, -0.15) is 4.57 Å². The smallest absolute Gasteiger partial charge is 0.319 e. The van der Waals surface area contributed by atoms with Crippen LogP contribution in [0.2, 0.25) is 0 Å². The maximum Gasteiger partial charge on any atom is 0.319 e. The van der Waals surface area contributed by atoms with E-state index < -0.39 is 0 Å². The van der Waals surface area contributed by atoms with E-state index in [1.807, 2.05) is 19.4 Å². The first-order valence-electron chi connectivity index (χ1n) is 6.91. The molecule has 0 spiro atoms. The van der Waals surface area contributed by atoms with Gasteiger partial charge in [-0.25, -0.2) is 9.97 Å². The fourth-order valence-electron chi connectivity index (χ4n) is 1.98. The number of carbonyl (C=O) groups is 1. The molecule has 23 heavy (non-hydrogen) atoms. The summed E-state index contributed by atoms with van der Waals surface area (Å²) >= 11 is 1.62. The van der Waals surface area contributed by atoms with Crippen molar-refractivity contribution in [3.05, 3.63) is 33.7 Å². The summed E-state index contributed by atoms with van der Waals surface area (Å²) in [5.41, 5.74) is 15.1. The molecule has 0 fully saturated rings. The van der Waals surface area contributed by atoms with E-state index in [2.05, 4.69) is 14.5 Å². The minimum absolute atomic E-state index is 0. The monoisotopic (exact) mass is 377 g/mol. The van der Waals surface area contributed by atoms with Gasteiger partial charge in [-0.15, -0.1) is 0 Å². The quantitative estimate of drug-likeness (QED) is 0.420. The second-order valence-corrected chi connectivity index (χ2v) is 5.80. The van der Waals surface area contributed by atoms with Crippen LogP contribution in [-0.2, 0) is 39.6 Å². The summed E-state index contributed by atoms with van der Waals surface area (Å²) in [6, 6.07) is 0. The third-order valence-electron chi connectivity index (χ3n) is 3.27. The first kappa shape index (κ1) is 19.5. The van der Waals surface area contributed by atoms with Crippen molar-refractivity contribution in [3.63, 3.8) is 0 Å². The predicted octanol–water partition coefficient (Wildman–Crippen LogP) is 0.115. The van der Waals surface area contributed by atoms with Crippen molar-refractivity contribution in [3.8, 4) is 0 Å². The number of nitrogens with two attached hydrogens (primary N) is 2. The molecule has 0 unspecified atom stereocenters. The Hall–Kier alpha value is -1.54. The summed E-state index contributed by atoms with van der Waals surface area (Å²) in [6.45, 7) is 4.71. The number of rotatable bonds is 6. The van der Waals surface area contributed by atoms with E-state index >= 15 is 0 Å². The van der Waals surface area contributed by atoms with Gasteiger partial charge in [0.1, 0.15) is 11.6 Å². The van der Waals surface area contributed by atoms with Crippen LogP contribution >= 0.6 is 11.3 Å². The Bertz CT molecular complexity index is 677. The fraction of sp³-hybridized carbons (Fsp3) is 0.429. The Morgan fingerprint density at radius 2 is 2.17 bits per heavy atom. The van der Waals surface area contributed by atoms with Gasteiger partial charge in [0, 0.05) is 36.6 Å². The Morgan fingerprint density at radius 3 is 2.83 bits per heavy atom. The molecule has 0 aliphatic carbocycles. The van der Waals surface area contributed by atoms with Crippen LogP contribution in [0.3, 0.4) is 0 Å². The van der Waals surface area contributed by atoms with Gasteiger partial charge >= 0.3 is 5.97 Å². The zero-order valence-electron chi connectivity index (χ0n) is 13.1. The maximum absolute atomic E-state index is 11.0. The van der Waals surface area contributed by atoms with Gasteiger partial charge in [0.15, 0.2) is 12.2 Å². The molecule has 0 saturated heterocycles. The number of thiazole rings is 1. The molecule has 2 aromatic rings. The second-order valence-electron chi connectivity index (χ2n) is 4.86. The van der Waals surface area contributed by atoms with E-state index in [-0.39, 0.29) is 29.6 Å². The predicted molar refractivity (Wildman–Crippen MR) is 83.3 cm³/mol. The van der Waals surface area contributed by atoms with E-state index in [9.17, 15) is 4.79 Å². The molecule has 0 aromatic carbocycles. The van der Waals surface area contributed by atoms with E-state index in [1.165, 1.54) is 0 Å². The van der Waals surface area contributed by atoms with Gasteiger partial charge < -0.3 is 16.2 Å². The fourth-order valence-corrected chi connectivity index (χ4v) is 2.96. The molecule has 0 atom stereocenters. The number of ether oxygens (including phenoxy) is 1. The zero-order chi connectivity index (χ0) is 16.1. The van der Waals surface area contributed by atoms with E-state index in [1.54, 1.807) is 17.5 Å². The molecule has 1 radical (unpaired) electrons. The van der Waals surface area contributed by atoms with Gasteiger partial charge in [-0.05, 0) is 6.92 Å². The number of esters is 1. The van der Waals surface area contributed by atoms with Crippen molar-refractivity contribution in [2.24, 2.45) is 5.73 Å². The van der Waals surface area contributed by atoms with Crippen molar-refractivity contribution in [1.29, 1.82) is 0 Å². The summed E-state index contributed by atoms with van der Waals surface area (Å²) in [7, 11) is 0. The molecule has 0 saturated carbocycles. The second kappa shape index (κ2) is 8.93. The van der Waals surface area contributed by atoms with Crippen LogP contribution < -0.4 is 16.0 Å². The van der Waals surface area contributed by atoms with Crippen molar-refractivity contribution in [2.45, 2.75) is 26.8 Å². The molecule has 7 nitrogen and oxygen atoms in total. The number of aryl methyl sites for hydroxylation is 1. The molecule has 2 aromatic heterocycles. The van der Waals surface area contributed by atoms with Crippen LogP contribution in [0.1, 0.15) is 22.0 Å². The van der Waals surface area contributed by atoms with Crippen LogP contribution in [0, 0.1) is 13.8 Å². The Kier molecular flexibility index (Phi) is 7.57. The number of aromatic nitrogens is 3. The van der Waals surface area contributed by atoms with Gasteiger partial charge in [0.05, 0.1) is 23.6 Å². The Morgan fingerprint density at radius 1 is 1.43 bits per heavy atom. The maximum atomic E-state index is 11.0. The molecule has 9 heteroatoms. The molecule has 0 aliphatic rings. The normalized spacial score (nSPS) is 10.2. The molecule has 2 rings (SSSR count). The van der Waals surface area contributed by atoms with Crippen molar-refractivity contribution < 1.29 is 31.2 Å². The number of hydrogen-bond donors (Lipinski definition) is 2. The van der Waals surface area contributed by atoms with Crippen LogP contribution in [0.25, 0.3) is 0 Å². The topological polar surface area (TPSA) is 108 Å². The molecule has 0 amide bonds.